The highest BCUT2D eigenvalue weighted by molar-refractivity contribution is 5.36. The predicted octanol–water partition coefficient (Wildman–Crippen LogP) is 1.94. The first-order valence-electron chi connectivity index (χ1n) is 8.72. The molecule has 1 aliphatic rings. The minimum absolute atomic E-state index is 0.0565. The molecular formula is C17H21F3N6O. The number of nitrogens with zero attached hydrogens (tertiary/aromatic N) is 5. The Morgan fingerprint density at radius 3 is 2.56 bits per heavy atom. The van der Waals surface area contributed by atoms with Crippen molar-refractivity contribution in [3.63, 3.8) is 0 Å². The van der Waals surface area contributed by atoms with Gasteiger partial charge in [0.2, 0.25) is 0 Å². The van der Waals surface area contributed by atoms with Gasteiger partial charge in [-0.05, 0) is 19.8 Å². The average molecular weight is 382 g/mol. The summed E-state index contributed by atoms with van der Waals surface area (Å²) in [6.07, 6.45) is -0.433. The molecule has 7 nitrogen and oxygen atoms in total. The molecule has 3 rings (SSSR count). The van der Waals surface area contributed by atoms with E-state index < -0.39 is 11.9 Å². The number of piperidine rings is 1. The van der Waals surface area contributed by atoms with Gasteiger partial charge in [0.05, 0.1) is 6.33 Å². The highest BCUT2D eigenvalue weighted by Gasteiger charge is 2.33. The quantitative estimate of drug-likeness (QED) is 0.852. The maximum absolute atomic E-state index is 12.7. The van der Waals surface area contributed by atoms with Gasteiger partial charge in [-0.15, -0.1) is 0 Å². The highest BCUT2D eigenvalue weighted by atomic mass is 19.4. The van der Waals surface area contributed by atoms with Crippen LogP contribution in [-0.4, -0.2) is 50.1 Å². The van der Waals surface area contributed by atoms with E-state index >= 15 is 0 Å². The lowest BCUT2D eigenvalue weighted by Gasteiger charge is -2.32. The molecule has 0 amide bonds. The zero-order valence-corrected chi connectivity index (χ0v) is 14.9. The molecule has 0 aromatic carbocycles. The van der Waals surface area contributed by atoms with Crippen LogP contribution in [0, 0.1) is 6.92 Å². The number of likely N-dealkylation sites (tertiary alicyclic amines) is 1. The minimum Gasteiger partial charge on any atom is -0.367 e. The van der Waals surface area contributed by atoms with Gasteiger partial charge < -0.3 is 10.2 Å². The zero-order valence-electron chi connectivity index (χ0n) is 14.9. The summed E-state index contributed by atoms with van der Waals surface area (Å²) in [5.74, 6) is 0.188. The van der Waals surface area contributed by atoms with Gasteiger partial charge in [0.1, 0.15) is 17.8 Å². The molecule has 0 atom stereocenters. The Morgan fingerprint density at radius 1 is 1.15 bits per heavy atom. The van der Waals surface area contributed by atoms with Gasteiger partial charge in [0.15, 0.2) is 0 Å². The summed E-state index contributed by atoms with van der Waals surface area (Å²) in [7, 11) is 0. The Kier molecular flexibility index (Phi) is 5.73. The summed E-state index contributed by atoms with van der Waals surface area (Å²) < 4.78 is 39.7. The first-order chi connectivity index (χ1) is 12.8. The molecule has 0 spiro atoms. The molecule has 0 unspecified atom stereocenters. The Hall–Kier alpha value is -2.49. The predicted molar refractivity (Wildman–Crippen MR) is 93.4 cm³/mol. The van der Waals surface area contributed by atoms with E-state index in [1.54, 1.807) is 17.8 Å². The van der Waals surface area contributed by atoms with Crippen molar-refractivity contribution >= 4 is 5.82 Å². The molecule has 10 heteroatoms. The molecule has 2 aromatic heterocycles. The summed E-state index contributed by atoms with van der Waals surface area (Å²) in [4.78, 5) is 25.4. The van der Waals surface area contributed by atoms with Crippen LogP contribution in [-0.2, 0) is 12.7 Å². The van der Waals surface area contributed by atoms with Crippen LogP contribution < -0.4 is 10.9 Å². The molecule has 146 valence electrons. The normalized spacial score (nSPS) is 16.4. The molecule has 3 heterocycles. The van der Waals surface area contributed by atoms with Gasteiger partial charge in [-0.2, -0.15) is 13.2 Å². The molecule has 1 N–H and O–H groups in total. The first kappa shape index (κ1) is 19.3. The standard InChI is InChI=1S/C17H21F3N6O/c1-12-8-16(27)26(11-23-12)7-6-25-4-2-13(3-5-25)24-15-9-14(17(18,19)20)21-10-22-15/h8-11,13H,2-7H2,1H3,(H,21,22,24). The third-order valence-corrected chi connectivity index (χ3v) is 4.57. The van der Waals surface area contributed by atoms with E-state index in [0.29, 0.717) is 12.2 Å². The number of aromatic nitrogens is 4. The van der Waals surface area contributed by atoms with Crippen LogP contribution in [0.3, 0.4) is 0 Å². The summed E-state index contributed by atoms with van der Waals surface area (Å²) in [5, 5.41) is 3.06. The van der Waals surface area contributed by atoms with Gasteiger partial charge in [-0.25, -0.2) is 15.0 Å². The molecule has 1 aliphatic heterocycles. The molecule has 2 aromatic rings. The average Bonchev–Trinajstić information content (AvgIpc) is 2.62. The fourth-order valence-electron chi connectivity index (χ4n) is 3.03. The Morgan fingerprint density at radius 2 is 1.89 bits per heavy atom. The molecule has 27 heavy (non-hydrogen) atoms. The number of anilines is 1. The Balaban J connectivity index is 1.48. The van der Waals surface area contributed by atoms with Crippen molar-refractivity contribution in [2.45, 2.75) is 38.5 Å². The van der Waals surface area contributed by atoms with Gasteiger partial charge in [0, 0.05) is 50.0 Å². The van der Waals surface area contributed by atoms with E-state index in [9.17, 15) is 18.0 Å². The molecule has 0 aliphatic carbocycles. The Labute approximate surface area is 154 Å². The molecule has 0 radical (unpaired) electrons. The van der Waals surface area contributed by atoms with Crippen LogP contribution in [0.15, 0.2) is 29.6 Å². The number of alkyl halides is 3. The van der Waals surface area contributed by atoms with E-state index in [0.717, 1.165) is 44.9 Å². The molecule has 0 bridgehead atoms. The van der Waals surface area contributed by atoms with Crippen LogP contribution in [0.2, 0.25) is 0 Å². The van der Waals surface area contributed by atoms with Crippen LogP contribution >= 0.6 is 0 Å². The zero-order chi connectivity index (χ0) is 19.4. The third-order valence-electron chi connectivity index (χ3n) is 4.57. The van der Waals surface area contributed by atoms with Gasteiger partial charge in [-0.3, -0.25) is 9.36 Å². The maximum atomic E-state index is 12.7. The lowest BCUT2D eigenvalue weighted by molar-refractivity contribution is -0.141. The lowest BCUT2D eigenvalue weighted by Crippen LogP contribution is -2.41. The van der Waals surface area contributed by atoms with Crippen molar-refractivity contribution in [1.82, 2.24) is 24.4 Å². The summed E-state index contributed by atoms with van der Waals surface area (Å²) in [6, 6.07) is 2.50. The van der Waals surface area contributed by atoms with Crippen molar-refractivity contribution < 1.29 is 13.2 Å². The van der Waals surface area contributed by atoms with Crippen molar-refractivity contribution in [3.05, 3.63) is 46.5 Å². The number of halogens is 3. The van der Waals surface area contributed by atoms with Gasteiger partial charge in [-0.1, -0.05) is 0 Å². The second-order valence-electron chi connectivity index (χ2n) is 6.61. The fraction of sp³-hybridized carbons (Fsp3) is 0.529. The largest absolute Gasteiger partial charge is 0.433 e. The van der Waals surface area contributed by atoms with Crippen LogP contribution in [0.25, 0.3) is 0 Å². The molecule has 1 fully saturated rings. The molecule has 0 saturated carbocycles. The summed E-state index contributed by atoms with van der Waals surface area (Å²) in [5.41, 5.74) is -0.320. The van der Waals surface area contributed by atoms with E-state index in [2.05, 4.69) is 25.2 Å². The lowest BCUT2D eigenvalue weighted by atomic mass is 10.1. The number of aryl methyl sites for hydroxylation is 1. The van der Waals surface area contributed by atoms with E-state index in [-0.39, 0.29) is 17.4 Å². The first-order valence-corrected chi connectivity index (χ1v) is 8.72. The number of rotatable bonds is 5. The van der Waals surface area contributed by atoms with Crippen molar-refractivity contribution in [1.29, 1.82) is 0 Å². The van der Waals surface area contributed by atoms with Crippen molar-refractivity contribution in [3.8, 4) is 0 Å². The molecule has 1 saturated heterocycles. The van der Waals surface area contributed by atoms with E-state index in [4.69, 9.17) is 0 Å². The van der Waals surface area contributed by atoms with E-state index in [1.807, 2.05) is 0 Å². The number of nitrogens with one attached hydrogen (secondary N) is 1. The van der Waals surface area contributed by atoms with E-state index in [1.165, 1.54) is 6.07 Å². The van der Waals surface area contributed by atoms with Crippen LogP contribution in [0.5, 0.6) is 0 Å². The summed E-state index contributed by atoms with van der Waals surface area (Å²) in [6.45, 7) is 4.65. The van der Waals surface area contributed by atoms with Crippen molar-refractivity contribution in [2.75, 3.05) is 25.0 Å². The van der Waals surface area contributed by atoms with Crippen molar-refractivity contribution in [2.24, 2.45) is 0 Å². The third kappa shape index (κ3) is 5.25. The number of hydrogen-bond acceptors (Lipinski definition) is 6. The highest BCUT2D eigenvalue weighted by Crippen LogP contribution is 2.28. The monoisotopic (exact) mass is 382 g/mol. The minimum atomic E-state index is -4.48. The van der Waals surface area contributed by atoms with Crippen LogP contribution in [0.1, 0.15) is 24.2 Å². The Bertz CT molecular complexity index is 830. The smallest absolute Gasteiger partial charge is 0.367 e. The second-order valence-corrected chi connectivity index (χ2v) is 6.61. The SMILES string of the molecule is Cc1cc(=O)n(CCN2CCC(Nc3cc(C(F)(F)F)ncn3)CC2)cn1. The fourth-order valence-corrected chi connectivity index (χ4v) is 3.03. The van der Waals surface area contributed by atoms with Gasteiger partial charge >= 0.3 is 6.18 Å². The van der Waals surface area contributed by atoms with Gasteiger partial charge in [0.25, 0.3) is 5.56 Å². The topological polar surface area (TPSA) is 75.9 Å². The second kappa shape index (κ2) is 8.03. The number of hydrogen-bond donors (Lipinski definition) is 1. The maximum Gasteiger partial charge on any atom is 0.433 e. The summed E-state index contributed by atoms with van der Waals surface area (Å²) >= 11 is 0. The molecular weight excluding hydrogens is 361 g/mol. The van der Waals surface area contributed by atoms with Crippen LogP contribution in [0.4, 0.5) is 19.0 Å².